The van der Waals surface area contributed by atoms with Crippen molar-refractivity contribution in [1.82, 2.24) is 15.3 Å². The van der Waals surface area contributed by atoms with Crippen LogP contribution >= 0.6 is 0 Å². The summed E-state index contributed by atoms with van der Waals surface area (Å²) in [5.41, 5.74) is 2.52. The van der Waals surface area contributed by atoms with Crippen LogP contribution in [0.3, 0.4) is 0 Å². The maximum atomic E-state index is 12.0. The van der Waals surface area contributed by atoms with Gasteiger partial charge in [0.15, 0.2) is 0 Å². The van der Waals surface area contributed by atoms with Gasteiger partial charge in [0.1, 0.15) is 0 Å². The van der Waals surface area contributed by atoms with Gasteiger partial charge in [-0.25, -0.2) is 0 Å². The van der Waals surface area contributed by atoms with Crippen LogP contribution in [0, 0.1) is 0 Å². The molecule has 118 valence electrons. The average molecular weight is 316 g/mol. The zero-order valence-corrected chi connectivity index (χ0v) is 14.1. The molecule has 2 rings (SSSR count). The topological polar surface area (TPSA) is 54.9 Å². The molecule has 0 saturated heterocycles. The first kappa shape index (κ1) is 16.6. The summed E-state index contributed by atoms with van der Waals surface area (Å²) in [5, 5.41) is 3.14. The van der Waals surface area contributed by atoms with E-state index < -0.39 is 10.4 Å². The summed E-state index contributed by atoms with van der Waals surface area (Å²) in [6, 6.07) is 9.60. The summed E-state index contributed by atoms with van der Waals surface area (Å²) in [4.78, 5) is 8.77. The van der Waals surface area contributed by atoms with E-state index in [0.29, 0.717) is 6.54 Å². The van der Waals surface area contributed by atoms with Crippen LogP contribution in [0.5, 0.6) is 0 Å². The first-order valence-corrected chi connectivity index (χ1v) is 8.58. The Kier molecular flexibility index (Phi) is 5.32. The van der Waals surface area contributed by atoms with Crippen LogP contribution in [-0.4, -0.2) is 27.9 Å². The van der Waals surface area contributed by atoms with Gasteiger partial charge in [-0.05, 0) is 56.8 Å². The zero-order chi connectivity index (χ0) is 16.2. The molecule has 1 atom stereocenters. The number of rotatable bonds is 5. The average Bonchev–Trinajstić information content (AvgIpc) is 2.47. The van der Waals surface area contributed by atoms with Crippen molar-refractivity contribution in [2.75, 3.05) is 6.54 Å². The van der Waals surface area contributed by atoms with Crippen LogP contribution in [-0.2, 0) is 14.6 Å². The van der Waals surface area contributed by atoms with Gasteiger partial charge in [0, 0.05) is 29.2 Å². The quantitative estimate of drug-likeness (QED) is 0.680. The van der Waals surface area contributed by atoms with E-state index >= 15 is 0 Å². The zero-order valence-electron chi connectivity index (χ0n) is 13.2. The van der Waals surface area contributed by atoms with E-state index in [9.17, 15) is 4.21 Å². The molecule has 2 aromatic heterocycles. The van der Waals surface area contributed by atoms with Crippen LogP contribution < -0.4 is 5.32 Å². The minimum absolute atomic E-state index is 0.0431. The summed E-state index contributed by atoms with van der Waals surface area (Å²) in [6.45, 7) is 6.81. The molecule has 0 aliphatic rings. The number of aromatic nitrogens is 2. The molecule has 4 nitrogen and oxygen atoms in total. The van der Waals surface area contributed by atoms with Gasteiger partial charge < -0.3 is 9.53 Å². The van der Waals surface area contributed by atoms with Gasteiger partial charge in [0.2, 0.25) is 0 Å². The lowest BCUT2D eigenvalue weighted by molar-refractivity contribution is 0.425. The Bertz CT molecular complexity index is 683. The third kappa shape index (κ3) is 4.64. The van der Waals surface area contributed by atoms with Crippen molar-refractivity contribution in [3.8, 4) is 11.3 Å². The summed E-state index contributed by atoms with van der Waals surface area (Å²) >= 11 is 0. The number of nitrogens with one attached hydrogen (secondary N) is 1. The summed E-state index contributed by atoms with van der Waals surface area (Å²) in [7, 11) is -1.24. The smallest absolute Gasteiger partial charge is 0.0720 e. The predicted octanol–water partition coefficient (Wildman–Crippen LogP) is 2.97. The highest BCUT2D eigenvalue weighted by Crippen LogP contribution is 2.20. The van der Waals surface area contributed by atoms with E-state index in [1.54, 1.807) is 12.4 Å². The molecular formula is C17H22N3OS-. The van der Waals surface area contributed by atoms with Crippen molar-refractivity contribution in [1.29, 1.82) is 0 Å². The van der Waals surface area contributed by atoms with Crippen molar-refractivity contribution < 1.29 is 4.21 Å². The highest BCUT2D eigenvalue weighted by atomic mass is 32.2. The molecule has 1 N–H and O–H groups in total. The van der Waals surface area contributed by atoms with Gasteiger partial charge in [-0.2, -0.15) is 5.87 Å². The van der Waals surface area contributed by atoms with Crippen LogP contribution in [0.1, 0.15) is 31.7 Å². The highest BCUT2D eigenvalue weighted by molar-refractivity contribution is 7.82. The van der Waals surface area contributed by atoms with Crippen molar-refractivity contribution in [3.05, 3.63) is 48.4 Å². The summed E-state index contributed by atoms with van der Waals surface area (Å²) in [5.74, 6) is 3.70. The Morgan fingerprint density at radius 2 is 2.05 bits per heavy atom. The van der Waals surface area contributed by atoms with E-state index in [2.05, 4.69) is 41.9 Å². The molecule has 0 radical (unpaired) electrons. The van der Waals surface area contributed by atoms with Gasteiger partial charge in [-0.15, -0.1) is 0 Å². The lowest BCUT2D eigenvalue weighted by Gasteiger charge is -2.27. The molecule has 5 heteroatoms. The van der Waals surface area contributed by atoms with Crippen LogP contribution in [0.2, 0.25) is 0 Å². The Morgan fingerprint density at radius 1 is 1.27 bits per heavy atom. The summed E-state index contributed by atoms with van der Waals surface area (Å²) in [6.07, 6.45) is 3.50. The van der Waals surface area contributed by atoms with Crippen LogP contribution in [0.15, 0.2) is 42.7 Å². The van der Waals surface area contributed by atoms with E-state index in [1.807, 2.05) is 30.3 Å². The van der Waals surface area contributed by atoms with Gasteiger partial charge >= 0.3 is 0 Å². The number of pyridine rings is 2. The molecular weight excluding hydrogens is 294 g/mol. The number of nitrogens with zero attached hydrogens (tertiary/aromatic N) is 2. The Hall–Kier alpha value is -1.72. The van der Waals surface area contributed by atoms with E-state index in [4.69, 9.17) is 0 Å². The number of hydrogen-bond donors (Lipinski definition) is 1. The molecule has 0 aromatic carbocycles. The molecule has 0 aliphatic carbocycles. The lowest BCUT2D eigenvalue weighted by Crippen LogP contribution is -2.39. The van der Waals surface area contributed by atoms with Crippen LogP contribution in [0.4, 0.5) is 0 Å². The number of hydrogen-bond acceptors (Lipinski definition) is 5. The molecule has 2 heterocycles. The van der Waals surface area contributed by atoms with Crippen LogP contribution in [0.25, 0.3) is 11.3 Å². The Labute approximate surface area is 134 Å². The first-order valence-electron chi connectivity index (χ1n) is 7.19. The van der Waals surface area contributed by atoms with Crippen molar-refractivity contribution in [2.24, 2.45) is 0 Å². The second kappa shape index (κ2) is 7.03. The van der Waals surface area contributed by atoms with Crippen molar-refractivity contribution in [2.45, 2.75) is 31.6 Å². The maximum Gasteiger partial charge on any atom is 0.0720 e. The molecule has 0 aliphatic heterocycles. The molecule has 2 aromatic rings. The highest BCUT2D eigenvalue weighted by Gasteiger charge is 2.13. The minimum Gasteiger partial charge on any atom is -0.461 e. The third-order valence-electron chi connectivity index (χ3n) is 3.19. The Balaban J connectivity index is 2.29. The van der Waals surface area contributed by atoms with Crippen molar-refractivity contribution >= 4 is 16.3 Å². The SMILES string of the molecule is C=[S-](=O)C(CNC(C)(C)C)c1cccc(-c2cccnc2)n1. The van der Waals surface area contributed by atoms with Crippen molar-refractivity contribution in [3.63, 3.8) is 0 Å². The second-order valence-electron chi connectivity index (χ2n) is 6.19. The van der Waals surface area contributed by atoms with Gasteiger partial charge in [0.05, 0.1) is 5.69 Å². The standard InChI is InChI=1S/C17H22N3OS/c1-17(2,3)19-12-16(22(4)21)15-9-5-8-14(20-15)13-7-6-10-18-11-13/h5-11,16,19H,4,12H2,1-3H3/q-1. The maximum absolute atomic E-state index is 12.0. The molecule has 0 spiro atoms. The fraction of sp³-hybridized carbons (Fsp3) is 0.353. The predicted molar refractivity (Wildman–Crippen MR) is 93.1 cm³/mol. The van der Waals surface area contributed by atoms with E-state index in [1.165, 1.54) is 0 Å². The van der Waals surface area contributed by atoms with Gasteiger partial charge in [0.25, 0.3) is 0 Å². The van der Waals surface area contributed by atoms with E-state index in [-0.39, 0.29) is 10.8 Å². The first-order chi connectivity index (χ1) is 10.4. The monoisotopic (exact) mass is 316 g/mol. The fourth-order valence-electron chi connectivity index (χ4n) is 2.04. The normalized spacial score (nSPS) is 13.3. The molecule has 22 heavy (non-hydrogen) atoms. The third-order valence-corrected chi connectivity index (χ3v) is 4.24. The largest absolute Gasteiger partial charge is 0.461 e. The van der Waals surface area contributed by atoms with Gasteiger partial charge in [-0.3, -0.25) is 20.4 Å². The molecule has 1 unspecified atom stereocenters. The summed E-state index contributed by atoms with van der Waals surface area (Å²) < 4.78 is 12.0. The fourth-order valence-corrected chi connectivity index (χ4v) is 2.71. The minimum atomic E-state index is -1.24. The molecule has 0 fully saturated rings. The molecule has 0 amide bonds. The van der Waals surface area contributed by atoms with E-state index in [0.717, 1.165) is 17.0 Å². The molecule has 0 bridgehead atoms. The Morgan fingerprint density at radius 3 is 2.64 bits per heavy atom. The van der Waals surface area contributed by atoms with Gasteiger partial charge in [-0.1, -0.05) is 6.07 Å². The second-order valence-corrected chi connectivity index (χ2v) is 7.52. The lowest BCUT2D eigenvalue weighted by atomic mass is 10.1. The molecule has 0 saturated carbocycles.